The Morgan fingerprint density at radius 1 is 0.900 bits per heavy atom. The first-order valence-corrected chi connectivity index (χ1v) is 5.88. The van der Waals surface area contributed by atoms with Crippen molar-refractivity contribution in [3.05, 3.63) is 86.3 Å². The molecule has 0 saturated carbocycles. The predicted octanol–water partition coefficient (Wildman–Crippen LogP) is 3.30. The summed E-state index contributed by atoms with van der Waals surface area (Å²) < 4.78 is 0. The first-order valence-electron chi connectivity index (χ1n) is 5.88. The van der Waals surface area contributed by atoms with Gasteiger partial charge in [0.1, 0.15) is 0 Å². The molecule has 1 radical (unpaired) electrons. The van der Waals surface area contributed by atoms with Crippen LogP contribution in [0.15, 0.2) is 48.5 Å². The predicted molar refractivity (Wildman–Crippen MR) is 73.3 cm³/mol. The molecule has 0 aromatic heterocycles. The Morgan fingerprint density at radius 2 is 1.55 bits per heavy atom. The molecule has 6 heteroatoms. The van der Waals surface area contributed by atoms with Crippen LogP contribution in [-0.2, 0) is 6.42 Å². The van der Waals surface area contributed by atoms with E-state index in [0.717, 1.165) is 5.56 Å². The van der Waals surface area contributed by atoms with Crippen LogP contribution in [0.25, 0.3) is 0 Å². The first kappa shape index (κ1) is 13.7. The highest BCUT2D eigenvalue weighted by atomic mass is 16.6. The average Bonchev–Trinajstić information content (AvgIpc) is 2.45. The van der Waals surface area contributed by atoms with Crippen molar-refractivity contribution in [1.29, 1.82) is 0 Å². The largest absolute Gasteiger partial charge is 0.272 e. The highest BCUT2D eigenvalue weighted by Crippen LogP contribution is 2.21. The Balaban J connectivity index is 2.09. The summed E-state index contributed by atoms with van der Waals surface area (Å²) in [6, 6.07) is 12.6. The van der Waals surface area contributed by atoms with Gasteiger partial charge in [0, 0.05) is 30.2 Å². The fraction of sp³-hybridized carbons (Fsp3) is 0.0714. The molecule has 0 aliphatic heterocycles. The topological polar surface area (TPSA) is 86.3 Å². The number of nitro groups is 2. The van der Waals surface area contributed by atoms with Gasteiger partial charge < -0.3 is 0 Å². The van der Waals surface area contributed by atoms with E-state index in [0.29, 0.717) is 12.0 Å². The van der Waals surface area contributed by atoms with Crippen LogP contribution in [0.2, 0.25) is 0 Å². The molecule has 0 heterocycles. The second-order valence-electron chi connectivity index (χ2n) is 4.15. The summed E-state index contributed by atoms with van der Waals surface area (Å²) >= 11 is 0. The second kappa shape index (κ2) is 5.92. The van der Waals surface area contributed by atoms with Gasteiger partial charge in [0.15, 0.2) is 0 Å². The maximum Gasteiger partial charge on any atom is 0.272 e. The monoisotopic (exact) mass is 271 g/mol. The van der Waals surface area contributed by atoms with Crippen LogP contribution in [0.3, 0.4) is 0 Å². The lowest BCUT2D eigenvalue weighted by molar-refractivity contribution is -0.385. The van der Waals surface area contributed by atoms with Gasteiger partial charge in [0.2, 0.25) is 0 Å². The fourth-order valence-corrected chi connectivity index (χ4v) is 1.81. The van der Waals surface area contributed by atoms with E-state index in [9.17, 15) is 20.2 Å². The summed E-state index contributed by atoms with van der Waals surface area (Å²) in [6.45, 7) is 0. The van der Waals surface area contributed by atoms with Crippen LogP contribution < -0.4 is 0 Å². The minimum atomic E-state index is -0.463. The summed E-state index contributed by atoms with van der Waals surface area (Å²) in [4.78, 5) is 20.5. The van der Waals surface area contributed by atoms with E-state index >= 15 is 0 Å². The Morgan fingerprint density at radius 3 is 2.15 bits per heavy atom. The van der Waals surface area contributed by atoms with Crippen molar-refractivity contribution in [1.82, 2.24) is 0 Å². The minimum Gasteiger partial charge on any atom is -0.258 e. The standard InChI is InChI=1S/C14H11N2O4/c17-15(18)13-9-6-11(7-10-13)5-8-12-3-1-2-4-14(12)16(19)20/h1-4,6-10H,5H2. The Kier molecular flexibility index (Phi) is 4.05. The van der Waals surface area contributed by atoms with Crippen molar-refractivity contribution in [2.24, 2.45) is 0 Å². The van der Waals surface area contributed by atoms with Gasteiger partial charge in [-0.3, -0.25) is 20.2 Å². The number of rotatable bonds is 5. The minimum absolute atomic E-state index is 0.0273. The quantitative estimate of drug-likeness (QED) is 0.616. The molecule has 0 N–H and O–H groups in total. The highest BCUT2D eigenvalue weighted by Gasteiger charge is 2.12. The lowest BCUT2D eigenvalue weighted by Gasteiger charge is -2.03. The summed E-state index contributed by atoms with van der Waals surface area (Å²) in [5.74, 6) is 0. The van der Waals surface area contributed by atoms with Crippen LogP contribution in [-0.4, -0.2) is 9.85 Å². The number of hydrogen-bond acceptors (Lipinski definition) is 4. The molecule has 2 aromatic rings. The maximum atomic E-state index is 10.9. The van der Waals surface area contributed by atoms with Crippen molar-refractivity contribution in [2.75, 3.05) is 0 Å². The molecule has 0 atom stereocenters. The lowest BCUT2D eigenvalue weighted by atomic mass is 10.0. The van der Waals surface area contributed by atoms with Crippen LogP contribution in [0.4, 0.5) is 11.4 Å². The number of nitro benzene ring substituents is 2. The Bertz CT molecular complexity index is 638. The third-order valence-electron chi connectivity index (χ3n) is 2.84. The highest BCUT2D eigenvalue weighted by molar-refractivity contribution is 5.45. The molecule has 0 spiro atoms. The van der Waals surface area contributed by atoms with E-state index in [4.69, 9.17) is 0 Å². The van der Waals surface area contributed by atoms with Crippen molar-refractivity contribution in [2.45, 2.75) is 6.42 Å². The van der Waals surface area contributed by atoms with Crippen LogP contribution in [0, 0.1) is 26.6 Å². The summed E-state index contributed by atoms with van der Waals surface area (Å²) in [5.41, 5.74) is 1.47. The van der Waals surface area contributed by atoms with Gasteiger partial charge in [0.25, 0.3) is 11.4 Å². The van der Waals surface area contributed by atoms with E-state index < -0.39 is 9.85 Å². The molecular weight excluding hydrogens is 260 g/mol. The molecule has 2 aromatic carbocycles. The van der Waals surface area contributed by atoms with E-state index in [2.05, 4.69) is 0 Å². The van der Waals surface area contributed by atoms with Gasteiger partial charge in [0.05, 0.1) is 9.85 Å². The third-order valence-corrected chi connectivity index (χ3v) is 2.84. The van der Waals surface area contributed by atoms with Crippen LogP contribution in [0.1, 0.15) is 11.1 Å². The van der Waals surface area contributed by atoms with Crippen LogP contribution >= 0.6 is 0 Å². The number of benzene rings is 2. The summed E-state index contributed by atoms with van der Waals surface area (Å²) in [7, 11) is 0. The van der Waals surface area contributed by atoms with Crippen molar-refractivity contribution in [3.63, 3.8) is 0 Å². The molecule has 0 amide bonds. The zero-order valence-electron chi connectivity index (χ0n) is 10.4. The van der Waals surface area contributed by atoms with E-state index in [-0.39, 0.29) is 11.4 Å². The smallest absolute Gasteiger partial charge is 0.258 e. The van der Waals surface area contributed by atoms with Gasteiger partial charge >= 0.3 is 0 Å². The Labute approximate surface area is 115 Å². The fourth-order valence-electron chi connectivity index (χ4n) is 1.81. The van der Waals surface area contributed by atoms with Gasteiger partial charge in [-0.25, -0.2) is 0 Å². The molecule has 0 aliphatic rings. The van der Waals surface area contributed by atoms with E-state index in [1.165, 1.54) is 18.2 Å². The number of hydrogen-bond donors (Lipinski definition) is 0. The van der Waals surface area contributed by atoms with Gasteiger partial charge in [-0.15, -0.1) is 0 Å². The van der Waals surface area contributed by atoms with Crippen molar-refractivity contribution in [3.8, 4) is 0 Å². The zero-order chi connectivity index (χ0) is 14.5. The molecule has 0 aliphatic carbocycles. The molecule has 0 unspecified atom stereocenters. The lowest BCUT2D eigenvalue weighted by Crippen LogP contribution is -1.96. The Hall–Kier alpha value is -2.76. The van der Waals surface area contributed by atoms with Gasteiger partial charge in [-0.1, -0.05) is 30.3 Å². The number of para-hydroxylation sites is 1. The molecule has 6 nitrogen and oxygen atoms in total. The van der Waals surface area contributed by atoms with Gasteiger partial charge in [-0.2, -0.15) is 0 Å². The average molecular weight is 271 g/mol. The van der Waals surface area contributed by atoms with E-state index in [1.807, 2.05) is 0 Å². The molecule has 101 valence electrons. The second-order valence-corrected chi connectivity index (χ2v) is 4.15. The zero-order valence-corrected chi connectivity index (χ0v) is 10.4. The SMILES string of the molecule is O=[N+]([O-])c1ccc(C[CH]c2ccccc2[N+](=O)[O-])cc1. The summed E-state index contributed by atoms with van der Waals surface area (Å²) in [5, 5.41) is 21.4. The number of non-ortho nitro benzene ring substituents is 1. The molecule has 2 rings (SSSR count). The van der Waals surface area contributed by atoms with Crippen LogP contribution in [0.5, 0.6) is 0 Å². The van der Waals surface area contributed by atoms with Crippen molar-refractivity contribution < 1.29 is 9.85 Å². The molecule has 0 fully saturated rings. The van der Waals surface area contributed by atoms with Gasteiger partial charge in [-0.05, 0) is 12.0 Å². The molecular formula is C14H11N2O4. The molecule has 0 bridgehead atoms. The summed E-state index contributed by atoms with van der Waals surface area (Å²) in [6.07, 6.45) is 2.21. The number of nitrogens with zero attached hydrogens (tertiary/aromatic N) is 2. The van der Waals surface area contributed by atoms with Crippen molar-refractivity contribution >= 4 is 11.4 Å². The normalized spacial score (nSPS) is 10.2. The molecule has 0 saturated heterocycles. The third kappa shape index (κ3) is 3.17. The molecule has 20 heavy (non-hydrogen) atoms. The maximum absolute atomic E-state index is 10.9. The first-order chi connectivity index (χ1) is 9.58. The van der Waals surface area contributed by atoms with E-state index in [1.54, 1.807) is 36.8 Å².